The molecular weight excluding hydrogens is 235 g/mol. The number of anilines is 1. The molecule has 0 fully saturated rings. The molecule has 0 amide bonds. The molecule has 3 N–H and O–H groups in total. The molecule has 15 heavy (non-hydrogen) atoms. The number of methoxy groups -OCH3 is 1. The number of nitrogens with one attached hydrogen (secondary N) is 1. The molecule has 3 nitrogen and oxygen atoms in total. The van der Waals surface area contributed by atoms with Crippen LogP contribution in [0.2, 0.25) is 10.0 Å². The maximum absolute atomic E-state index is 5.90. The predicted octanol–water partition coefficient (Wildman–Crippen LogP) is 2.31. The lowest BCUT2D eigenvalue weighted by atomic mass is 10.2. The van der Waals surface area contributed by atoms with Gasteiger partial charge in [-0.25, -0.2) is 0 Å². The van der Waals surface area contributed by atoms with Gasteiger partial charge in [-0.15, -0.1) is 0 Å². The molecule has 0 saturated carbocycles. The normalized spacial score (nSPS) is 10.6. The van der Waals surface area contributed by atoms with E-state index in [1.165, 1.54) is 0 Å². The molecule has 0 radical (unpaired) electrons. The molecule has 0 unspecified atom stereocenters. The Morgan fingerprint density at radius 3 is 2.47 bits per heavy atom. The Bertz CT molecular complexity index is 308. The van der Waals surface area contributed by atoms with Gasteiger partial charge in [0, 0.05) is 20.2 Å². The average Bonchev–Trinajstić information content (AvgIpc) is 2.21. The maximum atomic E-state index is 5.90. The van der Waals surface area contributed by atoms with Crippen LogP contribution in [0.25, 0.3) is 0 Å². The Kier molecular flexibility index (Phi) is 5.19. The predicted molar refractivity (Wildman–Crippen MR) is 64.5 cm³/mol. The Labute approximate surface area is 99.5 Å². The molecule has 0 bridgehead atoms. The van der Waals surface area contributed by atoms with Crippen LogP contribution < -0.4 is 11.1 Å². The van der Waals surface area contributed by atoms with Crippen LogP contribution in [0.3, 0.4) is 0 Å². The van der Waals surface area contributed by atoms with E-state index >= 15 is 0 Å². The molecule has 0 saturated heterocycles. The van der Waals surface area contributed by atoms with E-state index in [0.29, 0.717) is 28.9 Å². The summed E-state index contributed by atoms with van der Waals surface area (Å²) in [7, 11) is 1.67. The molecule has 0 atom stereocenters. The fourth-order valence-corrected chi connectivity index (χ4v) is 1.68. The summed E-state index contributed by atoms with van der Waals surface area (Å²) >= 11 is 11.8. The first-order valence-corrected chi connectivity index (χ1v) is 5.33. The van der Waals surface area contributed by atoms with Gasteiger partial charge in [0.2, 0.25) is 0 Å². The molecule has 5 heteroatoms. The summed E-state index contributed by atoms with van der Waals surface area (Å²) < 4.78 is 4.91. The Hall–Kier alpha value is -0.480. The van der Waals surface area contributed by atoms with Gasteiger partial charge in [0.1, 0.15) is 0 Å². The third-order valence-electron chi connectivity index (χ3n) is 1.95. The number of nitrogens with two attached hydrogens (primary N) is 1. The third kappa shape index (κ3) is 3.87. The lowest BCUT2D eigenvalue weighted by Gasteiger charge is -2.07. The number of hydrogen-bond donors (Lipinski definition) is 2. The second-order valence-corrected chi connectivity index (χ2v) is 3.96. The van der Waals surface area contributed by atoms with Crippen LogP contribution >= 0.6 is 23.2 Å². The van der Waals surface area contributed by atoms with Gasteiger partial charge >= 0.3 is 0 Å². The van der Waals surface area contributed by atoms with Gasteiger partial charge < -0.3 is 15.8 Å². The molecule has 84 valence electrons. The standard InChI is InChI=1S/C10H14Cl2N2O/c1-15-3-2-14-6-7-4-8(11)10(13)9(12)5-7/h4-5,14H,2-3,6,13H2,1H3. The highest BCUT2D eigenvalue weighted by atomic mass is 35.5. The molecule has 1 aromatic rings. The van der Waals surface area contributed by atoms with Crippen molar-refractivity contribution in [3.63, 3.8) is 0 Å². The SMILES string of the molecule is COCCNCc1cc(Cl)c(N)c(Cl)c1. The lowest BCUT2D eigenvalue weighted by Crippen LogP contribution is -2.18. The minimum absolute atomic E-state index is 0.430. The monoisotopic (exact) mass is 248 g/mol. The Balaban J connectivity index is 2.55. The summed E-state index contributed by atoms with van der Waals surface area (Å²) in [6, 6.07) is 3.62. The first-order chi connectivity index (χ1) is 7.15. The smallest absolute Gasteiger partial charge is 0.0693 e. The Morgan fingerprint density at radius 2 is 1.93 bits per heavy atom. The van der Waals surface area contributed by atoms with Crippen molar-refractivity contribution in [2.75, 3.05) is 26.0 Å². The van der Waals surface area contributed by atoms with Crippen LogP contribution in [0.5, 0.6) is 0 Å². The van der Waals surface area contributed by atoms with Crippen LogP contribution in [0.4, 0.5) is 5.69 Å². The van der Waals surface area contributed by atoms with E-state index in [4.69, 9.17) is 33.7 Å². The third-order valence-corrected chi connectivity index (χ3v) is 2.58. The van der Waals surface area contributed by atoms with Crippen molar-refractivity contribution in [2.24, 2.45) is 0 Å². The average molecular weight is 249 g/mol. The van der Waals surface area contributed by atoms with Crippen LogP contribution in [0.1, 0.15) is 5.56 Å². The topological polar surface area (TPSA) is 47.3 Å². The molecule has 1 aromatic carbocycles. The summed E-state index contributed by atoms with van der Waals surface area (Å²) in [5.41, 5.74) is 7.06. The molecule has 0 spiro atoms. The van der Waals surface area contributed by atoms with Crippen LogP contribution in [0.15, 0.2) is 12.1 Å². The zero-order valence-corrected chi connectivity index (χ0v) is 10.0. The number of nitrogen functional groups attached to an aromatic ring is 1. The summed E-state index contributed by atoms with van der Waals surface area (Å²) in [6.07, 6.45) is 0. The summed E-state index contributed by atoms with van der Waals surface area (Å²) in [6.45, 7) is 2.16. The Morgan fingerprint density at radius 1 is 1.33 bits per heavy atom. The number of ether oxygens (including phenoxy) is 1. The quantitative estimate of drug-likeness (QED) is 0.621. The molecule has 1 rings (SSSR count). The van der Waals surface area contributed by atoms with Crippen LogP contribution in [-0.4, -0.2) is 20.3 Å². The molecule has 0 aromatic heterocycles. The van der Waals surface area contributed by atoms with Gasteiger partial charge in [0.05, 0.1) is 22.3 Å². The number of hydrogen-bond acceptors (Lipinski definition) is 3. The van der Waals surface area contributed by atoms with Gasteiger partial charge in [-0.1, -0.05) is 23.2 Å². The van der Waals surface area contributed by atoms with Crippen molar-refractivity contribution in [3.05, 3.63) is 27.7 Å². The van der Waals surface area contributed by atoms with E-state index in [1.54, 1.807) is 7.11 Å². The molecule has 0 heterocycles. The zero-order valence-electron chi connectivity index (χ0n) is 8.52. The second kappa shape index (κ2) is 6.18. The summed E-state index contributed by atoms with van der Waals surface area (Å²) in [4.78, 5) is 0. The van der Waals surface area contributed by atoms with Crippen molar-refractivity contribution < 1.29 is 4.74 Å². The summed E-state index contributed by atoms with van der Waals surface area (Å²) in [5, 5.41) is 4.18. The first kappa shape index (κ1) is 12.6. The molecule has 0 aliphatic rings. The maximum Gasteiger partial charge on any atom is 0.0693 e. The molecular formula is C10H14Cl2N2O. The van der Waals surface area contributed by atoms with Gasteiger partial charge in [0.25, 0.3) is 0 Å². The molecule has 0 aliphatic heterocycles. The minimum atomic E-state index is 0.430. The van der Waals surface area contributed by atoms with Crippen LogP contribution in [0, 0.1) is 0 Å². The van der Waals surface area contributed by atoms with Crippen molar-refractivity contribution in [1.29, 1.82) is 0 Å². The van der Waals surface area contributed by atoms with E-state index in [9.17, 15) is 0 Å². The van der Waals surface area contributed by atoms with E-state index in [2.05, 4.69) is 5.32 Å². The lowest BCUT2D eigenvalue weighted by molar-refractivity contribution is 0.199. The van der Waals surface area contributed by atoms with E-state index < -0.39 is 0 Å². The zero-order chi connectivity index (χ0) is 11.3. The van der Waals surface area contributed by atoms with E-state index in [-0.39, 0.29) is 0 Å². The molecule has 0 aliphatic carbocycles. The first-order valence-electron chi connectivity index (χ1n) is 4.58. The minimum Gasteiger partial charge on any atom is -0.396 e. The highest BCUT2D eigenvalue weighted by molar-refractivity contribution is 6.38. The highest BCUT2D eigenvalue weighted by Gasteiger charge is 2.04. The van der Waals surface area contributed by atoms with E-state index in [1.807, 2.05) is 12.1 Å². The fraction of sp³-hybridized carbons (Fsp3) is 0.400. The number of benzene rings is 1. The van der Waals surface area contributed by atoms with Crippen molar-refractivity contribution in [1.82, 2.24) is 5.32 Å². The van der Waals surface area contributed by atoms with Gasteiger partial charge in [-0.2, -0.15) is 0 Å². The van der Waals surface area contributed by atoms with Crippen molar-refractivity contribution >= 4 is 28.9 Å². The van der Waals surface area contributed by atoms with E-state index in [0.717, 1.165) is 12.1 Å². The van der Waals surface area contributed by atoms with Crippen molar-refractivity contribution in [3.8, 4) is 0 Å². The largest absolute Gasteiger partial charge is 0.396 e. The van der Waals surface area contributed by atoms with Gasteiger partial charge in [-0.05, 0) is 17.7 Å². The number of rotatable bonds is 5. The fourth-order valence-electron chi connectivity index (χ4n) is 1.15. The highest BCUT2D eigenvalue weighted by Crippen LogP contribution is 2.28. The summed E-state index contributed by atoms with van der Waals surface area (Å²) in [5.74, 6) is 0. The second-order valence-electron chi connectivity index (χ2n) is 3.14. The van der Waals surface area contributed by atoms with Gasteiger partial charge in [-0.3, -0.25) is 0 Å². The number of halogens is 2. The van der Waals surface area contributed by atoms with Crippen LogP contribution in [-0.2, 0) is 11.3 Å². The van der Waals surface area contributed by atoms with Gasteiger partial charge in [0.15, 0.2) is 0 Å². The van der Waals surface area contributed by atoms with Crippen molar-refractivity contribution in [2.45, 2.75) is 6.54 Å².